The Labute approximate surface area is 144 Å². The molecule has 0 saturated carbocycles. The Bertz CT molecular complexity index is 1000. The van der Waals surface area contributed by atoms with E-state index in [1.54, 1.807) is 29.1 Å². The average Bonchev–Trinajstić information content (AvgIpc) is 2.90. The summed E-state index contributed by atoms with van der Waals surface area (Å²) in [5.74, 6) is 6.46. The summed E-state index contributed by atoms with van der Waals surface area (Å²) in [4.78, 5) is 12.5. The molecule has 0 radical (unpaired) electrons. The van der Waals surface area contributed by atoms with E-state index in [2.05, 4.69) is 32.9 Å². The number of halogens is 1. The Morgan fingerprint density at radius 3 is 2.67 bits per heavy atom. The molecule has 0 saturated heterocycles. The van der Waals surface area contributed by atoms with Crippen LogP contribution in [0.25, 0.3) is 11.3 Å². The van der Waals surface area contributed by atoms with Crippen LogP contribution in [0.2, 0.25) is 5.15 Å². The zero-order chi connectivity index (χ0) is 17.1. The van der Waals surface area contributed by atoms with Gasteiger partial charge in [-0.3, -0.25) is 4.98 Å². The third-order valence-electron chi connectivity index (χ3n) is 3.43. The predicted octanol–water partition coefficient (Wildman–Crippen LogP) is 3.11. The topological polar surface area (TPSA) is 67.4 Å². The van der Waals surface area contributed by atoms with E-state index in [-0.39, 0.29) is 0 Å². The van der Waals surface area contributed by atoms with Gasteiger partial charge in [0.15, 0.2) is 11.5 Å². The van der Waals surface area contributed by atoms with Gasteiger partial charge in [0.25, 0.3) is 0 Å². The van der Waals surface area contributed by atoms with Crippen LogP contribution in [-0.2, 0) is 7.05 Å². The summed E-state index contributed by atoms with van der Waals surface area (Å²) in [6.07, 6.45) is 3.32. The summed E-state index contributed by atoms with van der Waals surface area (Å²) >= 11 is 5.85. The number of imidazole rings is 1. The van der Waals surface area contributed by atoms with E-state index >= 15 is 0 Å². The lowest BCUT2D eigenvalue weighted by Crippen LogP contribution is -1.97. The maximum atomic E-state index is 9.37. The quantitative estimate of drug-likeness (QED) is 0.507. The highest BCUT2D eigenvalue weighted by atomic mass is 35.5. The molecule has 3 aromatic heterocycles. The first kappa shape index (κ1) is 15.7. The third-order valence-corrected chi connectivity index (χ3v) is 3.64. The van der Waals surface area contributed by atoms with Crippen molar-refractivity contribution in [1.29, 1.82) is 5.26 Å². The molecule has 0 N–H and O–H groups in total. The number of pyridine rings is 2. The zero-order valence-corrected chi connectivity index (χ0v) is 13.8. The fraction of sp³-hybridized carbons (Fsp3) is 0.111. The van der Waals surface area contributed by atoms with Crippen LogP contribution in [-0.4, -0.2) is 19.5 Å². The summed E-state index contributed by atoms with van der Waals surface area (Å²) in [5, 5.41) is 9.75. The molecular formula is C18H12ClN5. The summed E-state index contributed by atoms with van der Waals surface area (Å²) in [6, 6.07) is 9.37. The molecule has 0 fully saturated rings. The fourth-order valence-corrected chi connectivity index (χ4v) is 2.41. The number of aromatic nitrogens is 4. The van der Waals surface area contributed by atoms with Crippen molar-refractivity contribution in [2.45, 2.75) is 6.92 Å². The van der Waals surface area contributed by atoms with Crippen molar-refractivity contribution < 1.29 is 0 Å². The van der Waals surface area contributed by atoms with Crippen LogP contribution in [0, 0.1) is 30.1 Å². The maximum Gasteiger partial charge on any atom is 0.187 e. The van der Waals surface area contributed by atoms with Crippen LogP contribution in [0.1, 0.15) is 22.8 Å². The molecule has 0 bridgehead atoms. The van der Waals surface area contributed by atoms with Crippen molar-refractivity contribution in [3.05, 3.63) is 64.6 Å². The lowest BCUT2D eigenvalue weighted by atomic mass is 10.1. The summed E-state index contributed by atoms with van der Waals surface area (Å²) in [7, 11) is 1.83. The van der Waals surface area contributed by atoms with Crippen molar-refractivity contribution in [2.75, 3.05) is 0 Å². The van der Waals surface area contributed by atoms with Crippen molar-refractivity contribution in [3.8, 4) is 29.2 Å². The van der Waals surface area contributed by atoms with Gasteiger partial charge < -0.3 is 4.57 Å². The molecule has 0 unspecified atom stereocenters. The van der Waals surface area contributed by atoms with E-state index in [1.165, 1.54) is 0 Å². The summed E-state index contributed by atoms with van der Waals surface area (Å²) in [6.45, 7) is 1.91. The molecule has 5 nitrogen and oxygen atoms in total. The predicted molar refractivity (Wildman–Crippen MR) is 91.1 cm³/mol. The van der Waals surface area contributed by atoms with Crippen molar-refractivity contribution in [1.82, 2.24) is 19.5 Å². The zero-order valence-electron chi connectivity index (χ0n) is 13.1. The SMILES string of the molecule is Cc1ccc(-c2c(C#N)nc(C#Cc3ccnc(Cl)c3)n2C)cn1. The molecule has 0 aromatic carbocycles. The van der Waals surface area contributed by atoms with Gasteiger partial charge in [0.2, 0.25) is 0 Å². The van der Waals surface area contributed by atoms with E-state index in [0.29, 0.717) is 22.4 Å². The highest BCUT2D eigenvalue weighted by Crippen LogP contribution is 2.23. The van der Waals surface area contributed by atoms with E-state index in [9.17, 15) is 5.26 Å². The lowest BCUT2D eigenvalue weighted by molar-refractivity contribution is 0.900. The molecule has 24 heavy (non-hydrogen) atoms. The number of nitriles is 1. The normalized spacial score (nSPS) is 9.92. The molecule has 3 rings (SSSR count). The Morgan fingerprint density at radius 1 is 1.17 bits per heavy atom. The maximum absolute atomic E-state index is 9.37. The summed E-state index contributed by atoms with van der Waals surface area (Å²) < 4.78 is 1.79. The van der Waals surface area contributed by atoms with Gasteiger partial charge in [-0.2, -0.15) is 5.26 Å². The van der Waals surface area contributed by atoms with Crippen LogP contribution in [0.5, 0.6) is 0 Å². The Morgan fingerprint density at radius 2 is 2.00 bits per heavy atom. The Balaban J connectivity index is 2.06. The van der Waals surface area contributed by atoms with Gasteiger partial charge in [0.1, 0.15) is 11.2 Å². The van der Waals surface area contributed by atoms with Gasteiger partial charge in [-0.25, -0.2) is 9.97 Å². The van der Waals surface area contributed by atoms with Crippen LogP contribution >= 0.6 is 11.6 Å². The second-order valence-corrected chi connectivity index (χ2v) is 5.50. The van der Waals surface area contributed by atoms with Crippen LogP contribution in [0.15, 0.2) is 36.7 Å². The first-order valence-corrected chi connectivity index (χ1v) is 7.49. The molecular weight excluding hydrogens is 322 g/mol. The monoisotopic (exact) mass is 333 g/mol. The first-order valence-electron chi connectivity index (χ1n) is 7.12. The standard InChI is InChI=1S/C18H12ClN5/c1-12-3-5-14(11-22-12)18-15(10-20)23-17(24(18)2)6-4-13-7-8-21-16(19)9-13/h3,5,7-9,11H,1-2H3. The molecule has 3 aromatic rings. The molecule has 3 heterocycles. The summed E-state index contributed by atoms with van der Waals surface area (Å²) in [5.41, 5.74) is 3.48. The van der Waals surface area contributed by atoms with Crippen molar-refractivity contribution >= 4 is 11.6 Å². The smallest absolute Gasteiger partial charge is 0.187 e. The molecule has 0 spiro atoms. The number of nitrogens with zero attached hydrogens (tertiary/aromatic N) is 5. The van der Waals surface area contributed by atoms with Gasteiger partial charge in [-0.15, -0.1) is 0 Å². The molecule has 0 atom stereocenters. The number of aryl methyl sites for hydroxylation is 1. The van der Waals surface area contributed by atoms with Crippen molar-refractivity contribution in [3.63, 3.8) is 0 Å². The largest absolute Gasteiger partial charge is 0.319 e. The minimum absolute atomic E-state index is 0.320. The van der Waals surface area contributed by atoms with Crippen LogP contribution < -0.4 is 0 Å². The average molecular weight is 334 g/mol. The number of hydrogen-bond acceptors (Lipinski definition) is 4. The highest BCUT2D eigenvalue weighted by molar-refractivity contribution is 6.29. The molecule has 0 amide bonds. The fourth-order valence-electron chi connectivity index (χ4n) is 2.23. The molecule has 116 valence electrons. The van der Waals surface area contributed by atoms with Crippen LogP contribution in [0.4, 0.5) is 0 Å². The molecule has 0 aliphatic rings. The van der Waals surface area contributed by atoms with Crippen molar-refractivity contribution in [2.24, 2.45) is 7.05 Å². The minimum Gasteiger partial charge on any atom is -0.319 e. The van der Waals surface area contributed by atoms with Gasteiger partial charge in [-0.05, 0) is 37.1 Å². The molecule has 0 aliphatic heterocycles. The van der Waals surface area contributed by atoms with E-state index in [4.69, 9.17) is 11.6 Å². The van der Waals surface area contributed by atoms with E-state index in [0.717, 1.165) is 16.8 Å². The minimum atomic E-state index is 0.320. The third kappa shape index (κ3) is 3.12. The number of rotatable bonds is 1. The first-order chi connectivity index (χ1) is 11.6. The van der Waals surface area contributed by atoms with Gasteiger partial charge >= 0.3 is 0 Å². The van der Waals surface area contributed by atoms with Gasteiger partial charge in [-0.1, -0.05) is 17.5 Å². The lowest BCUT2D eigenvalue weighted by Gasteiger charge is -2.03. The van der Waals surface area contributed by atoms with E-state index < -0.39 is 0 Å². The Hall–Kier alpha value is -3.15. The second kappa shape index (κ2) is 6.54. The van der Waals surface area contributed by atoms with E-state index in [1.807, 2.05) is 26.1 Å². The highest BCUT2D eigenvalue weighted by Gasteiger charge is 2.15. The Kier molecular flexibility index (Phi) is 4.29. The second-order valence-electron chi connectivity index (χ2n) is 5.11. The number of hydrogen-bond donors (Lipinski definition) is 0. The van der Waals surface area contributed by atoms with Crippen LogP contribution in [0.3, 0.4) is 0 Å². The van der Waals surface area contributed by atoms with Gasteiger partial charge in [0.05, 0.1) is 5.69 Å². The molecule has 0 aliphatic carbocycles. The molecule has 6 heteroatoms. The van der Waals surface area contributed by atoms with Gasteiger partial charge in [0, 0.05) is 36.3 Å².